The van der Waals surface area contributed by atoms with Crippen molar-refractivity contribution >= 4 is 5.96 Å². The predicted molar refractivity (Wildman–Crippen MR) is 110 cm³/mol. The van der Waals surface area contributed by atoms with Crippen LogP contribution in [0.25, 0.3) is 0 Å². The summed E-state index contributed by atoms with van der Waals surface area (Å²) in [4.78, 5) is 9.10. The second kappa shape index (κ2) is 9.95. The van der Waals surface area contributed by atoms with Gasteiger partial charge in [-0.05, 0) is 63.3 Å². The summed E-state index contributed by atoms with van der Waals surface area (Å²) in [5.41, 5.74) is 3.34. The van der Waals surface area contributed by atoms with Gasteiger partial charge in [-0.15, -0.1) is 0 Å². The number of nitrogens with zero attached hydrogens (tertiary/aromatic N) is 2. The van der Waals surface area contributed by atoms with Crippen LogP contribution in [-0.4, -0.2) is 23.6 Å². The third kappa shape index (κ3) is 5.98. The molecule has 5 nitrogen and oxygen atoms in total. The van der Waals surface area contributed by atoms with Gasteiger partial charge in [-0.3, -0.25) is 4.98 Å². The third-order valence-electron chi connectivity index (χ3n) is 4.73. The van der Waals surface area contributed by atoms with E-state index in [2.05, 4.69) is 47.7 Å². The summed E-state index contributed by atoms with van der Waals surface area (Å²) >= 11 is 0. The molecule has 144 valence electrons. The summed E-state index contributed by atoms with van der Waals surface area (Å²) in [7, 11) is 0. The van der Waals surface area contributed by atoms with E-state index in [4.69, 9.17) is 9.73 Å². The lowest BCUT2D eigenvalue weighted by molar-refractivity contribution is 0.208. The van der Waals surface area contributed by atoms with Crippen LogP contribution >= 0.6 is 0 Å². The largest absolute Gasteiger partial charge is 0.490 e. The first-order valence-corrected chi connectivity index (χ1v) is 9.93. The number of benzene rings is 1. The zero-order valence-corrected chi connectivity index (χ0v) is 16.4. The molecule has 0 unspecified atom stereocenters. The van der Waals surface area contributed by atoms with Gasteiger partial charge in [0.25, 0.3) is 0 Å². The van der Waals surface area contributed by atoms with Crippen molar-refractivity contribution < 1.29 is 4.74 Å². The number of pyridine rings is 1. The van der Waals surface area contributed by atoms with E-state index in [1.807, 2.05) is 18.2 Å². The zero-order valence-electron chi connectivity index (χ0n) is 16.4. The second-order valence-corrected chi connectivity index (χ2v) is 7.01. The molecule has 0 spiro atoms. The first kappa shape index (κ1) is 19.2. The van der Waals surface area contributed by atoms with Gasteiger partial charge < -0.3 is 15.4 Å². The smallest absolute Gasteiger partial charge is 0.191 e. The molecule has 1 aromatic heterocycles. The molecule has 2 N–H and O–H groups in total. The standard InChI is InChI=1S/C22H30N4O/c1-3-23-22(26-16-19-8-6-7-13-24-19)25-15-18-12-11-17(2)14-21(18)27-20-9-4-5-10-20/h6-8,11-14,20H,3-5,9-10,15-16H2,1-2H3,(H2,23,25,26). The maximum absolute atomic E-state index is 6.29. The molecule has 27 heavy (non-hydrogen) atoms. The number of hydrogen-bond donors (Lipinski definition) is 2. The van der Waals surface area contributed by atoms with Gasteiger partial charge in [-0.2, -0.15) is 0 Å². The average molecular weight is 367 g/mol. The van der Waals surface area contributed by atoms with E-state index in [9.17, 15) is 0 Å². The molecule has 0 radical (unpaired) electrons. The molecule has 2 aromatic rings. The molecule has 5 heteroatoms. The van der Waals surface area contributed by atoms with Gasteiger partial charge in [-0.1, -0.05) is 18.2 Å². The van der Waals surface area contributed by atoms with Crippen LogP contribution < -0.4 is 15.4 Å². The number of rotatable bonds is 7. The van der Waals surface area contributed by atoms with E-state index in [1.165, 1.54) is 18.4 Å². The van der Waals surface area contributed by atoms with Gasteiger partial charge in [0, 0.05) is 18.3 Å². The Morgan fingerprint density at radius 3 is 2.78 bits per heavy atom. The highest BCUT2D eigenvalue weighted by molar-refractivity contribution is 5.79. The molecule has 0 aliphatic heterocycles. The van der Waals surface area contributed by atoms with Gasteiger partial charge in [-0.25, -0.2) is 4.99 Å². The van der Waals surface area contributed by atoms with Crippen LogP contribution in [0.4, 0.5) is 0 Å². The van der Waals surface area contributed by atoms with Crippen molar-refractivity contribution in [3.8, 4) is 5.75 Å². The van der Waals surface area contributed by atoms with Crippen LogP contribution in [0.15, 0.2) is 47.6 Å². The van der Waals surface area contributed by atoms with Crippen LogP contribution in [0, 0.1) is 6.92 Å². The van der Waals surface area contributed by atoms with E-state index in [-0.39, 0.29) is 0 Å². The zero-order chi connectivity index (χ0) is 18.9. The fourth-order valence-corrected chi connectivity index (χ4v) is 3.27. The Morgan fingerprint density at radius 2 is 2.04 bits per heavy atom. The summed E-state index contributed by atoms with van der Waals surface area (Å²) in [5.74, 6) is 1.77. The Balaban J connectivity index is 1.67. The Labute approximate surface area is 162 Å². The number of aromatic nitrogens is 1. The predicted octanol–water partition coefficient (Wildman–Crippen LogP) is 3.97. The maximum Gasteiger partial charge on any atom is 0.191 e. The fourth-order valence-electron chi connectivity index (χ4n) is 3.27. The molecule has 0 saturated heterocycles. The van der Waals surface area contributed by atoms with Crippen molar-refractivity contribution in [1.82, 2.24) is 15.6 Å². The van der Waals surface area contributed by atoms with E-state index in [0.29, 0.717) is 19.2 Å². The summed E-state index contributed by atoms with van der Waals surface area (Å²) in [6.45, 7) is 6.21. The molecule has 0 atom stereocenters. The lowest BCUT2D eigenvalue weighted by atomic mass is 10.1. The van der Waals surface area contributed by atoms with Gasteiger partial charge in [0.1, 0.15) is 5.75 Å². The summed E-state index contributed by atoms with van der Waals surface area (Å²) < 4.78 is 6.29. The van der Waals surface area contributed by atoms with E-state index in [1.54, 1.807) is 6.20 Å². The lowest BCUT2D eigenvalue weighted by Crippen LogP contribution is -2.37. The average Bonchev–Trinajstić information content (AvgIpc) is 3.19. The van der Waals surface area contributed by atoms with Gasteiger partial charge >= 0.3 is 0 Å². The van der Waals surface area contributed by atoms with E-state index >= 15 is 0 Å². The molecule has 3 rings (SSSR count). The molecule has 1 aromatic carbocycles. The highest BCUT2D eigenvalue weighted by Crippen LogP contribution is 2.28. The first-order chi connectivity index (χ1) is 13.2. The van der Waals surface area contributed by atoms with Crippen molar-refractivity contribution in [3.63, 3.8) is 0 Å². The molecular weight excluding hydrogens is 336 g/mol. The SMILES string of the molecule is CCNC(=NCc1ccc(C)cc1OC1CCCC1)NCc1ccccn1. The molecule has 1 saturated carbocycles. The molecule has 0 bridgehead atoms. The minimum absolute atomic E-state index is 0.352. The Hall–Kier alpha value is -2.56. The monoisotopic (exact) mass is 366 g/mol. The van der Waals surface area contributed by atoms with Crippen molar-refractivity contribution in [1.29, 1.82) is 0 Å². The molecule has 1 aliphatic rings. The highest BCUT2D eigenvalue weighted by atomic mass is 16.5. The van der Waals surface area contributed by atoms with E-state index in [0.717, 1.165) is 42.4 Å². The quantitative estimate of drug-likeness (QED) is 0.575. The Kier molecular flexibility index (Phi) is 7.08. The van der Waals surface area contributed by atoms with Crippen LogP contribution in [0.5, 0.6) is 5.75 Å². The summed E-state index contributed by atoms with van der Waals surface area (Å²) in [5, 5.41) is 6.64. The maximum atomic E-state index is 6.29. The highest BCUT2D eigenvalue weighted by Gasteiger charge is 2.18. The molecule has 0 amide bonds. The number of aliphatic imine (C=N–C) groups is 1. The normalized spacial score (nSPS) is 15.0. The number of nitrogens with one attached hydrogen (secondary N) is 2. The van der Waals surface area contributed by atoms with Crippen LogP contribution in [0.1, 0.15) is 49.4 Å². The minimum atomic E-state index is 0.352. The summed E-state index contributed by atoms with van der Waals surface area (Å²) in [6.07, 6.45) is 7.01. The molecule has 1 heterocycles. The third-order valence-corrected chi connectivity index (χ3v) is 4.73. The number of aryl methyl sites for hydroxylation is 1. The fraction of sp³-hybridized carbons (Fsp3) is 0.455. The topological polar surface area (TPSA) is 58.5 Å². The van der Waals surface area contributed by atoms with Gasteiger partial charge in [0.15, 0.2) is 5.96 Å². The van der Waals surface area contributed by atoms with Gasteiger partial charge in [0.05, 0.1) is 24.9 Å². The first-order valence-electron chi connectivity index (χ1n) is 9.93. The minimum Gasteiger partial charge on any atom is -0.490 e. The molecular formula is C22H30N4O. The van der Waals surface area contributed by atoms with Crippen molar-refractivity contribution in [3.05, 3.63) is 59.4 Å². The second-order valence-electron chi connectivity index (χ2n) is 7.01. The van der Waals surface area contributed by atoms with Crippen molar-refractivity contribution in [2.75, 3.05) is 6.54 Å². The lowest BCUT2D eigenvalue weighted by Gasteiger charge is -2.17. The van der Waals surface area contributed by atoms with Crippen LogP contribution in [0.3, 0.4) is 0 Å². The van der Waals surface area contributed by atoms with Crippen LogP contribution in [-0.2, 0) is 13.1 Å². The van der Waals surface area contributed by atoms with Gasteiger partial charge in [0.2, 0.25) is 0 Å². The number of hydrogen-bond acceptors (Lipinski definition) is 3. The number of ether oxygens (including phenoxy) is 1. The van der Waals surface area contributed by atoms with E-state index < -0.39 is 0 Å². The Bertz CT molecular complexity index is 739. The number of guanidine groups is 1. The molecule has 1 fully saturated rings. The Morgan fingerprint density at radius 1 is 1.19 bits per heavy atom. The van der Waals surface area contributed by atoms with Crippen molar-refractivity contribution in [2.45, 2.75) is 58.7 Å². The summed E-state index contributed by atoms with van der Waals surface area (Å²) in [6, 6.07) is 12.3. The van der Waals surface area contributed by atoms with Crippen molar-refractivity contribution in [2.24, 2.45) is 4.99 Å². The van der Waals surface area contributed by atoms with Crippen LogP contribution in [0.2, 0.25) is 0 Å². The molecule has 1 aliphatic carbocycles.